The van der Waals surface area contributed by atoms with Gasteiger partial charge in [-0.15, -0.1) is 0 Å². The number of rotatable bonds is 1. The van der Waals surface area contributed by atoms with Crippen molar-refractivity contribution in [2.24, 2.45) is 0 Å². The lowest BCUT2D eigenvalue weighted by atomic mass is 9.88. The van der Waals surface area contributed by atoms with Crippen LogP contribution >= 0.6 is 0 Å². The Morgan fingerprint density at radius 2 is 1.89 bits per heavy atom. The highest BCUT2D eigenvalue weighted by Gasteiger charge is 2.49. The molecule has 3 nitrogen and oxygen atoms in total. The lowest BCUT2D eigenvalue weighted by Crippen LogP contribution is -2.66. The summed E-state index contributed by atoms with van der Waals surface area (Å²) in [6.45, 7) is 7.44. The predicted molar refractivity (Wildman–Crippen MR) is 76.7 cm³/mol. The summed E-state index contributed by atoms with van der Waals surface area (Å²) >= 11 is 0. The van der Waals surface area contributed by atoms with Crippen molar-refractivity contribution in [3.63, 3.8) is 0 Å². The Balaban J connectivity index is 1.84. The second kappa shape index (κ2) is 4.30. The van der Waals surface area contributed by atoms with Gasteiger partial charge < -0.3 is 5.11 Å². The molecular formula is C16H24N2O. The minimum absolute atomic E-state index is 0.0446. The van der Waals surface area contributed by atoms with E-state index >= 15 is 0 Å². The Bertz CT molecular complexity index is 455. The van der Waals surface area contributed by atoms with E-state index in [9.17, 15) is 5.11 Å². The molecule has 2 fully saturated rings. The fraction of sp³-hybridized carbons (Fsp3) is 0.625. The lowest BCUT2D eigenvalue weighted by Gasteiger charge is -2.50. The second-order valence-electron chi connectivity index (χ2n) is 6.92. The molecule has 2 aliphatic rings. The van der Waals surface area contributed by atoms with Gasteiger partial charge in [-0.1, -0.05) is 30.3 Å². The number of nitrogens with one attached hydrogen (secondary N) is 1. The summed E-state index contributed by atoms with van der Waals surface area (Å²) in [4.78, 5) is 2.52. The summed E-state index contributed by atoms with van der Waals surface area (Å²) < 4.78 is 0. The molecule has 2 saturated heterocycles. The van der Waals surface area contributed by atoms with Gasteiger partial charge >= 0.3 is 0 Å². The van der Waals surface area contributed by atoms with Crippen molar-refractivity contribution in [1.29, 1.82) is 0 Å². The average molecular weight is 260 g/mol. The maximum atomic E-state index is 10.4. The van der Waals surface area contributed by atoms with Crippen LogP contribution in [0.1, 0.15) is 45.1 Å². The van der Waals surface area contributed by atoms with Gasteiger partial charge in [-0.3, -0.25) is 10.2 Å². The van der Waals surface area contributed by atoms with Gasteiger partial charge in [0.15, 0.2) is 0 Å². The normalized spacial score (nSPS) is 38.1. The Kier molecular flexibility index (Phi) is 2.97. The Hall–Kier alpha value is -0.900. The van der Waals surface area contributed by atoms with Crippen LogP contribution in [0.15, 0.2) is 30.3 Å². The minimum Gasteiger partial charge on any atom is -0.376 e. The van der Waals surface area contributed by atoms with Gasteiger partial charge in [0, 0.05) is 18.5 Å². The van der Waals surface area contributed by atoms with Gasteiger partial charge in [0.2, 0.25) is 0 Å². The van der Waals surface area contributed by atoms with Gasteiger partial charge in [0.1, 0.15) is 5.72 Å². The van der Waals surface area contributed by atoms with Gasteiger partial charge in [-0.05, 0) is 38.7 Å². The highest BCUT2D eigenvalue weighted by Crippen LogP contribution is 2.41. The molecule has 0 saturated carbocycles. The van der Waals surface area contributed by atoms with Crippen molar-refractivity contribution in [1.82, 2.24) is 10.2 Å². The summed E-state index contributed by atoms with van der Waals surface area (Å²) in [6.07, 6.45) is 2.12. The Morgan fingerprint density at radius 3 is 2.58 bits per heavy atom. The van der Waals surface area contributed by atoms with Crippen LogP contribution in [0.5, 0.6) is 0 Å². The van der Waals surface area contributed by atoms with Crippen LogP contribution in [0.4, 0.5) is 0 Å². The molecule has 1 aromatic carbocycles. The minimum atomic E-state index is -0.754. The van der Waals surface area contributed by atoms with Crippen LogP contribution in [0.3, 0.4) is 0 Å². The van der Waals surface area contributed by atoms with Crippen molar-refractivity contribution in [2.75, 3.05) is 6.54 Å². The molecule has 19 heavy (non-hydrogen) atoms. The summed E-state index contributed by atoms with van der Waals surface area (Å²) in [6, 6.07) is 10.7. The number of hydrogen-bond donors (Lipinski definition) is 2. The molecule has 2 heterocycles. The fourth-order valence-corrected chi connectivity index (χ4v) is 3.96. The number of fused-ring (bicyclic) bond motifs is 1. The number of benzene rings is 1. The standard InChI is InChI=1S/C16H24N2O/c1-15(2)11-16(3,19)17-14-9-13(10-18(14)15)12-7-5-4-6-8-12/h4-8,13-14,17,19H,9-11H2,1-3H3. The van der Waals surface area contributed by atoms with E-state index in [2.05, 4.69) is 54.4 Å². The third-order valence-corrected chi connectivity index (χ3v) is 4.60. The number of nitrogens with zero attached hydrogens (tertiary/aromatic N) is 1. The molecule has 0 aromatic heterocycles. The SMILES string of the molecule is CC1(O)CC(C)(C)N2CC(c3ccccc3)CC2N1. The van der Waals surface area contributed by atoms with E-state index in [4.69, 9.17) is 0 Å². The first-order chi connectivity index (χ1) is 8.87. The smallest absolute Gasteiger partial charge is 0.116 e. The van der Waals surface area contributed by atoms with Gasteiger partial charge in [-0.25, -0.2) is 0 Å². The molecule has 0 radical (unpaired) electrons. The summed E-state index contributed by atoms with van der Waals surface area (Å²) in [7, 11) is 0. The monoisotopic (exact) mass is 260 g/mol. The molecule has 3 heteroatoms. The molecule has 0 amide bonds. The van der Waals surface area contributed by atoms with E-state index in [1.807, 2.05) is 6.92 Å². The summed E-state index contributed by atoms with van der Waals surface area (Å²) in [5.41, 5.74) is 0.702. The molecule has 1 aromatic rings. The molecule has 0 spiro atoms. The topological polar surface area (TPSA) is 35.5 Å². The first kappa shape index (κ1) is 13.1. The molecule has 0 aliphatic carbocycles. The molecule has 104 valence electrons. The molecule has 0 bridgehead atoms. The molecule has 3 atom stereocenters. The maximum absolute atomic E-state index is 10.4. The quantitative estimate of drug-likeness (QED) is 0.813. The van der Waals surface area contributed by atoms with Gasteiger partial charge in [-0.2, -0.15) is 0 Å². The van der Waals surface area contributed by atoms with E-state index in [1.54, 1.807) is 0 Å². The highest BCUT2D eigenvalue weighted by molar-refractivity contribution is 5.22. The Morgan fingerprint density at radius 1 is 1.21 bits per heavy atom. The average Bonchev–Trinajstić information content (AvgIpc) is 2.72. The van der Waals surface area contributed by atoms with E-state index in [0.29, 0.717) is 5.92 Å². The van der Waals surface area contributed by atoms with Gasteiger partial charge in [0.25, 0.3) is 0 Å². The fourth-order valence-electron chi connectivity index (χ4n) is 3.96. The third kappa shape index (κ3) is 2.42. The van der Waals surface area contributed by atoms with Crippen LogP contribution in [-0.4, -0.2) is 34.0 Å². The molecule has 3 unspecified atom stereocenters. The van der Waals surface area contributed by atoms with E-state index in [-0.39, 0.29) is 11.7 Å². The van der Waals surface area contributed by atoms with Crippen LogP contribution in [0, 0.1) is 0 Å². The van der Waals surface area contributed by atoms with E-state index in [0.717, 1.165) is 19.4 Å². The molecule has 2 aliphatic heterocycles. The third-order valence-electron chi connectivity index (χ3n) is 4.60. The van der Waals surface area contributed by atoms with Crippen molar-refractivity contribution >= 4 is 0 Å². The van der Waals surface area contributed by atoms with Crippen LogP contribution < -0.4 is 5.32 Å². The first-order valence-corrected chi connectivity index (χ1v) is 7.19. The molecule has 2 N–H and O–H groups in total. The predicted octanol–water partition coefficient (Wildman–Crippen LogP) is 2.28. The molecular weight excluding hydrogens is 236 g/mol. The van der Waals surface area contributed by atoms with Crippen molar-refractivity contribution in [3.05, 3.63) is 35.9 Å². The second-order valence-corrected chi connectivity index (χ2v) is 6.92. The summed E-state index contributed by atoms with van der Waals surface area (Å²) in [5.74, 6) is 0.562. The van der Waals surface area contributed by atoms with Crippen LogP contribution in [0.2, 0.25) is 0 Å². The van der Waals surface area contributed by atoms with Crippen molar-refractivity contribution in [2.45, 2.75) is 57.0 Å². The Labute approximate surface area is 115 Å². The molecule has 3 rings (SSSR count). The van der Waals surface area contributed by atoms with Gasteiger partial charge in [0.05, 0.1) is 6.17 Å². The highest BCUT2D eigenvalue weighted by atomic mass is 16.3. The van der Waals surface area contributed by atoms with E-state index in [1.165, 1.54) is 5.56 Å². The largest absolute Gasteiger partial charge is 0.376 e. The zero-order valence-corrected chi connectivity index (χ0v) is 12.1. The lowest BCUT2D eigenvalue weighted by molar-refractivity contribution is -0.108. The number of aliphatic hydroxyl groups is 1. The van der Waals surface area contributed by atoms with E-state index < -0.39 is 5.72 Å². The van der Waals surface area contributed by atoms with Crippen LogP contribution in [0.25, 0.3) is 0 Å². The number of hydrogen-bond acceptors (Lipinski definition) is 3. The van der Waals surface area contributed by atoms with Crippen LogP contribution in [-0.2, 0) is 0 Å². The zero-order valence-electron chi connectivity index (χ0n) is 12.1. The van der Waals surface area contributed by atoms with Crippen molar-refractivity contribution in [3.8, 4) is 0 Å². The summed E-state index contributed by atoms with van der Waals surface area (Å²) in [5, 5.41) is 13.8. The first-order valence-electron chi connectivity index (χ1n) is 7.19. The van der Waals surface area contributed by atoms with Crippen molar-refractivity contribution < 1.29 is 5.11 Å². The maximum Gasteiger partial charge on any atom is 0.116 e. The zero-order chi connectivity index (χ0) is 13.7.